The second-order valence-electron chi connectivity index (χ2n) is 3.56. The first-order chi connectivity index (χ1) is 10.2. The molecule has 2 aromatic rings. The topological polar surface area (TPSA) is 86.0 Å². The number of nitrogens with zero attached hydrogens (tertiary/aromatic N) is 2. The van der Waals surface area contributed by atoms with Gasteiger partial charge in [-0.1, -0.05) is 27.7 Å². The predicted octanol–water partition coefficient (Wildman–Crippen LogP) is 3.43. The predicted molar refractivity (Wildman–Crippen MR) is 86.8 cm³/mol. The summed E-state index contributed by atoms with van der Waals surface area (Å²) in [6.07, 6.45) is 0. The molecule has 0 fully saturated rings. The lowest BCUT2D eigenvalue weighted by atomic mass is 10.1. The van der Waals surface area contributed by atoms with E-state index in [0.29, 0.717) is 11.6 Å². The number of H-pyrrole nitrogens is 1. The van der Waals surface area contributed by atoms with E-state index in [1.165, 1.54) is 0 Å². The maximum Gasteiger partial charge on any atom is 0.239 e. The maximum absolute atomic E-state index is 5.48. The van der Waals surface area contributed by atoms with E-state index in [0.717, 1.165) is 16.9 Å². The second-order valence-corrected chi connectivity index (χ2v) is 3.56. The minimum atomic E-state index is 0.196. The Bertz CT molecular complexity index is 538. The molecule has 0 saturated heterocycles. The van der Waals surface area contributed by atoms with E-state index in [-0.39, 0.29) is 5.95 Å². The van der Waals surface area contributed by atoms with Crippen LogP contribution in [0.4, 0.5) is 5.95 Å². The first-order valence-corrected chi connectivity index (χ1v) is 7.06. The molecule has 6 heteroatoms. The average molecular weight is 294 g/mol. The molecule has 0 unspecified atom stereocenters. The molecular formula is C15H26N4O2. The molecule has 0 saturated carbocycles. The van der Waals surface area contributed by atoms with Gasteiger partial charge in [-0.25, -0.2) is 0 Å². The number of ether oxygens (including phenoxy) is 2. The number of benzene rings is 1. The van der Waals surface area contributed by atoms with Crippen LogP contribution in [0.1, 0.15) is 33.3 Å². The molecule has 0 bridgehead atoms. The monoisotopic (exact) mass is 294 g/mol. The highest BCUT2D eigenvalue weighted by Gasteiger charge is 2.13. The number of anilines is 1. The Morgan fingerprint density at radius 1 is 1.00 bits per heavy atom. The number of rotatable bonds is 3. The van der Waals surface area contributed by atoms with E-state index in [1.54, 1.807) is 14.2 Å². The number of methoxy groups -OCH3 is 2. The summed E-state index contributed by atoms with van der Waals surface area (Å²) in [7, 11) is 3.22. The molecule has 0 amide bonds. The van der Waals surface area contributed by atoms with Gasteiger partial charge in [-0.15, -0.1) is 5.10 Å². The zero-order valence-corrected chi connectivity index (χ0v) is 13.9. The largest absolute Gasteiger partial charge is 0.496 e. The normalized spacial score (nSPS) is 8.90. The van der Waals surface area contributed by atoms with Crippen molar-refractivity contribution in [3.63, 3.8) is 0 Å². The van der Waals surface area contributed by atoms with Crippen LogP contribution in [-0.4, -0.2) is 29.4 Å². The van der Waals surface area contributed by atoms with Crippen LogP contribution >= 0.6 is 0 Å². The third-order valence-corrected chi connectivity index (χ3v) is 2.47. The molecule has 6 nitrogen and oxygen atoms in total. The molecule has 0 atom stereocenters. The summed E-state index contributed by atoms with van der Waals surface area (Å²) in [6.45, 7) is 9.94. The second kappa shape index (κ2) is 9.63. The van der Waals surface area contributed by atoms with Gasteiger partial charge in [-0.05, 0) is 24.6 Å². The molecule has 0 aliphatic carbocycles. The molecule has 0 radical (unpaired) electrons. The van der Waals surface area contributed by atoms with Gasteiger partial charge in [0.1, 0.15) is 11.5 Å². The van der Waals surface area contributed by atoms with Crippen LogP contribution < -0.4 is 15.2 Å². The average Bonchev–Trinajstić information content (AvgIpc) is 2.97. The lowest BCUT2D eigenvalue weighted by Crippen LogP contribution is -1.94. The van der Waals surface area contributed by atoms with Gasteiger partial charge in [0.05, 0.1) is 19.8 Å². The van der Waals surface area contributed by atoms with Crippen molar-refractivity contribution >= 4 is 5.95 Å². The van der Waals surface area contributed by atoms with Crippen molar-refractivity contribution in [2.75, 3.05) is 20.0 Å². The maximum atomic E-state index is 5.48. The molecule has 0 aliphatic rings. The van der Waals surface area contributed by atoms with Crippen molar-refractivity contribution in [1.82, 2.24) is 15.2 Å². The molecule has 1 aromatic heterocycles. The Hall–Kier alpha value is -2.24. The van der Waals surface area contributed by atoms with E-state index in [9.17, 15) is 0 Å². The molecule has 1 heterocycles. The van der Waals surface area contributed by atoms with Crippen LogP contribution in [0, 0.1) is 6.92 Å². The summed E-state index contributed by atoms with van der Waals surface area (Å²) in [5.74, 6) is 2.20. The van der Waals surface area contributed by atoms with E-state index in [2.05, 4.69) is 15.2 Å². The molecule has 0 aliphatic heterocycles. The van der Waals surface area contributed by atoms with Crippen LogP contribution in [0.5, 0.6) is 11.5 Å². The number of nitrogens with two attached hydrogens (primary N) is 1. The van der Waals surface area contributed by atoms with Crippen molar-refractivity contribution in [3.8, 4) is 22.9 Å². The van der Waals surface area contributed by atoms with Crippen LogP contribution in [0.3, 0.4) is 0 Å². The molecule has 1 aromatic carbocycles. The van der Waals surface area contributed by atoms with Gasteiger partial charge in [-0.2, -0.15) is 4.98 Å². The first kappa shape index (κ1) is 18.8. The Morgan fingerprint density at radius 2 is 1.57 bits per heavy atom. The fourth-order valence-electron chi connectivity index (χ4n) is 1.63. The van der Waals surface area contributed by atoms with Gasteiger partial charge in [0, 0.05) is 0 Å². The smallest absolute Gasteiger partial charge is 0.239 e. The Kier molecular flexibility index (Phi) is 8.60. The van der Waals surface area contributed by atoms with E-state index < -0.39 is 0 Å². The van der Waals surface area contributed by atoms with Gasteiger partial charge in [0.2, 0.25) is 5.95 Å². The van der Waals surface area contributed by atoms with Crippen LogP contribution in [0.2, 0.25) is 0 Å². The van der Waals surface area contributed by atoms with Crippen LogP contribution in [0.15, 0.2) is 12.1 Å². The highest BCUT2D eigenvalue weighted by atomic mass is 16.5. The standard InChI is InChI=1S/C11H14N4O2.2C2H6/c1-6-4-9(17-3)7(5-8(6)16-2)10-13-11(12)15-14-10;2*1-2/h4-5H,1-3H3,(H3,12,13,14,15);2*1-2H3. The van der Waals surface area contributed by atoms with Crippen molar-refractivity contribution in [2.24, 2.45) is 0 Å². The zero-order chi connectivity index (χ0) is 16.4. The summed E-state index contributed by atoms with van der Waals surface area (Å²) < 4.78 is 10.6. The minimum absolute atomic E-state index is 0.196. The zero-order valence-electron chi connectivity index (χ0n) is 13.9. The van der Waals surface area contributed by atoms with Crippen LogP contribution in [-0.2, 0) is 0 Å². The van der Waals surface area contributed by atoms with Crippen molar-refractivity contribution < 1.29 is 9.47 Å². The number of aromatic nitrogens is 3. The fraction of sp³-hybridized carbons (Fsp3) is 0.467. The SMILES string of the molecule is CC.CC.COc1cc(-c2nc(N)n[nH]2)c(OC)cc1C. The van der Waals surface area contributed by atoms with E-state index in [1.807, 2.05) is 46.8 Å². The van der Waals surface area contributed by atoms with E-state index >= 15 is 0 Å². The van der Waals surface area contributed by atoms with Crippen molar-refractivity contribution in [1.29, 1.82) is 0 Å². The molecule has 21 heavy (non-hydrogen) atoms. The third-order valence-electron chi connectivity index (χ3n) is 2.47. The Labute approximate surface area is 126 Å². The molecular weight excluding hydrogens is 268 g/mol. The highest BCUT2D eigenvalue weighted by molar-refractivity contribution is 5.68. The Morgan fingerprint density at radius 3 is 2.00 bits per heavy atom. The lowest BCUT2D eigenvalue weighted by molar-refractivity contribution is 0.401. The van der Waals surface area contributed by atoms with Crippen molar-refractivity contribution in [3.05, 3.63) is 17.7 Å². The number of nitrogen functional groups attached to an aromatic ring is 1. The molecule has 3 N–H and O–H groups in total. The summed E-state index contributed by atoms with van der Waals surface area (Å²) in [4.78, 5) is 4.07. The minimum Gasteiger partial charge on any atom is -0.496 e. The molecule has 0 spiro atoms. The lowest BCUT2D eigenvalue weighted by Gasteiger charge is -2.11. The van der Waals surface area contributed by atoms with Gasteiger partial charge in [0.15, 0.2) is 5.82 Å². The van der Waals surface area contributed by atoms with Gasteiger partial charge in [-0.3, -0.25) is 5.10 Å². The summed E-state index contributed by atoms with van der Waals surface area (Å²) in [5, 5.41) is 6.54. The number of hydrogen-bond donors (Lipinski definition) is 2. The number of nitrogens with one attached hydrogen (secondary N) is 1. The highest BCUT2D eigenvalue weighted by Crippen LogP contribution is 2.34. The molecule has 2 rings (SSSR count). The van der Waals surface area contributed by atoms with E-state index in [4.69, 9.17) is 15.2 Å². The molecule has 118 valence electrons. The summed E-state index contributed by atoms with van der Waals surface area (Å²) >= 11 is 0. The summed E-state index contributed by atoms with van der Waals surface area (Å²) in [6, 6.07) is 3.72. The summed E-state index contributed by atoms with van der Waals surface area (Å²) in [5.41, 5.74) is 7.23. The number of aromatic amines is 1. The van der Waals surface area contributed by atoms with Gasteiger partial charge < -0.3 is 15.2 Å². The first-order valence-electron chi connectivity index (χ1n) is 7.06. The fourth-order valence-corrected chi connectivity index (χ4v) is 1.63. The third kappa shape index (κ3) is 4.66. The number of aryl methyl sites for hydroxylation is 1. The Balaban J connectivity index is 0.000000921. The van der Waals surface area contributed by atoms with Crippen molar-refractivity contribution in [2.45, 2.75) is 34.6 Å². The quantitative estimate of drug-likeness (QED) is 0.905. The van der Waals surface area contributed by atoms with Crippen LogP contribution in [0.25, 0.3) is 11.4 Å². The van der Waals surface area contributed by atoms with Gasteiger partial charge >= 0.3 is 0 Å². The number of hydrogen-bond acceptors (Lipinski definition) is 5. The van der Waals surface area contributed by atoms with Gasteiger partial charge in [0.25, 0.3) is 0 Å².